The minimum Gasteiger partial charge on any atom is -0.399 e. The van der Waals surface area contributed by atoms with Gasteiger partial charge in [-0.05, 0) is 43.0 Å². The number of nitrogens with zero attached hydrogens (tertiary/aromatic N) is 2. The number of anilines is 2. The molecule has 2 N–H and O–H groups in total. The molecule has 1 heterocycles. The number of carbonyl (C=O) groups is 1. The third kappa shape index (κ3) is 6.05. The number of carbonyl (C=O) groups excluding carboxylic acids is 1. The topological polar surface area (TPSA) is 49.6 Å². The first-order valence-corrected chi connectivity index (χ1v) is 9.04. The van der Waals surface area contributed by atoms with Crippen molar-refractivity contribution in [1.82, 2.24) is 4.90 Å². The van der Waals surface area contributed by atoms with Crippen LogP contribution in [0.1, 0.15) is 24.8 Å². The van der Waals surface area contributed by atoms with Crippen LogP contribution in [0.4, 0.5) is 11.4 Å². The van der Waals surface area contributed by atoms with Crippen LogP contribution in [0.15, 0.2) is 54.6 Å². The van der Waals surface area contributed by atoms with E-state index in [9.17, 15) is 4.79 Å². The van der Waals surface area contributed by atoms with Gasteiger partial charge in [-0.15, -0.1) is 24.8 Å². The number of halogens is 2. The lowest BCUT2D eigenvalue weighted by Gasteiger charge is -2.39. The van der Waals surface area contributed by atoms with Crippen LogP contribution in [0.2, 0.25) is 0 Å². The zero-order valence-corrected chi connectivity index (χ0v) is 17.3. The van der Waals surface area contributed by atoms with Gasteiger partial charge >= 0.3 is 0 Å². The maximum Gasteiger partial charge on any atom is 0.222 e. The summed E-state index contributed by atoms with van der Waals surface area (Å²) in [6.07, 6.45) is 3.39. The van der Waals surface area contributed by atoms with E-state index in [-0.39, 0.29) is 36.8 Å². The van der Waals surface area contributed by atoms with E-state index in [1.807, 2.05) is 42.3 Å². The van der Waals surface area contributed by atoms with E-state index in [0.29, 0.717) is 12.8 Å². The highest BCUT2D eigenvalue weighted by Crippen LogP contribution is 2.22. The Labute approximate surface area is 174 Å². The molecule has 1 fully saturated rings. The first-order valence-electron chi connectivity index (χ1n) is 9.04. The Morgan fingerprint density at radius 3 is 2.48 bits per heavy atom. The molecule has 4 nitrogen and oxygen atoms in total. The highest BCUT2D eigenvalue weighted by Gasteiger charge is 2.26. The Kier molecular flexibility index (Phi) is 9.47. The van der Waals surface area contributed by atoms with Crippen LogP contribution < -0.4 is 10.6 Å². The normalized spacial score (nSPS) is 16.0. The number of rotatable bonds is 5. The van der Waals surface area contributed by atoms with Crippen LogP contribution in [0.3, 0.4) is 0 Å². The molecule has 0 bridgehead atoms. The molecule has 1 amide bonds. The molecular formula is C21H29Cl2N3O. The van der Waals surface area contributed by atoms with E-state index in [0.717, 1.165) is 37.2 Å². The second kappa shape index (κ2) is 11.1. The number of amides is 1. The van der Waals surface area contributed by atoms with E-state index < -0.39 is 0 Å². The molecule has 148 valence electrons. The van der Waals surface area contributed by atoms with E-state index in [1.54, 1.807) is 0 Å². The van der Waals surface area contributed by atoms with E-state index in [2.05, 4.69) is 29.2 Å². The Morgan fingerprint density at radius 2 is 1.78 bits per heavy atom. The number of likely N-dealkylation sites (N-methyl/N-ethyl adjacent to an activating group) is 1. The number of piperidine rings is 1. The molecule has 0 saturated carbocycles. The van der Waals surface area contributed by atoms with Gasteiger partial charge in [-0.1, -0.05) is 36.4 Å². The summed E-state index contributed by atoms with van der Waals surface area (Å²) in [6, 6.07) is 18.5. The van der Waals surface area contributed by atoms with Crippen LogP contribution in [-0.4, -0.2) is 37.0 Å². The molecular weight excluding hydrogens is 381 g/mol. The van der Waals surface area contributed by atoms with Crippen LogP contribution in [0.25, 0.3) is 0 Å². The van der Waals surface area contributed by atoms with Gasteiger partial charge in [0.1, 0.15) is 0 Å². The van der Waals surface area contributed by atoms with E-state index >= 15 is 0 Å². The Hall–Kier alpha value is -1.91. The Bertz CT molecular complexity index is 712. The number of hydrogen-bond acceptors (Lipinski definition) is 3. The van der Waals surface area contributed by atoms with Crippen LogP contribution in [0.5, 0.6) is 0 Å². The predicted molar refractivity (Wildman–Crippen MR) is 118 cm³/mol. The standard InChI is InChI=1S/C21H27N3O.2ClH/c1-23(21(25)14-13-17-8-5-6-12-20(17)22)19-11-7-15-24(16-19)18-9-3-2-4-10-18;;/h2-6,8-10,12,19H,7,11,13-16,22H2,1H3;2*1H. The van der Waals surface area contributed by atoms with Gasteiger partial charge in [-0.2, -0.15) is 0 Å². The molecule has 0 aromatic heterocycles. The maximum atomic E-state index is 12.6. The summed E-state index contributed by atoms with van der Waals surface area (Å²) in [5, 5.41) is 0. The van der Waals surface area contributed by atoms with Crippen molar-refractivity contribution in [2.24, 2.45) is 0 Å². The van der Waals surface area contributed by atoms with E-state index in [1.165, 1.54) is 5.69 Å². The molecule has 0 spiro atoms. The van der Waals surface area contributed by atoms with Crippen LogP contribution >= 0.6 is 24.8 Å². The molecule has 1 aliphatic rings. The molecule has 2 aromatic rings. The molecule has 6 heteroatoms. The summed E-state index contributed by atoms with van der Waals surface area (Å²) in [5.41, 5.74) is 9.04. The van der Waals surface area contributed by atoms with Gasteiger partial charge in [-0.3, -0.25) is 4.79 Å². The van der Waals surface area contributed by atoms with Crippen molar-refractivity contribution >= 4 is 42.1 Å². The molecule has 0 radical (unpaired) electrons. The number of aryl methyl sites for hydroxylation is 1. The largest absolute Gasteiger partial charge is 0.399 e. The monoisotopic (exact) mass is 409 g/mol. The van der Waals surface area contributed by atoms with Gasteiger partial charge in [0.25, 0.3) is 0 Å². The van der Waals surface area contributed by atoms with Crippen molar-refractivity contribution in [1.29, 1.82) is 0 Å². The third-order valence-electron chi connectivity index (χ3n) is 5.12. The molecule has 2 aromatic carbocycles. The summed E-state index contributed by atoms with van der Waals surface area (Å²) in [6.45, 7) is 1.96. The van der Waals surface area contributed by atoms with Crippen LogP contribution in [0, 0.1) is 0 Å². The summed E-state index contributed by atoms with van der Waals surface area (Å²) in [5.74, 6) is 0.197. The fourth-order valence-electron chi connectivity index (χ4n) is 3.53. The quantitative estimate of drug-likeness (QED) is 0.753. The van der Waals surface area contributed by atoms with Crippen LogP contribution in [-0.2, 0) is 11.2 Å². The third-order valence-corrected chi connectivity index (χ3v) is 5.12. The number of nitrogens with two attached hydrogens (primary N) is 1. The lowest BCUT2D eigenvalue weighted by molar-refractivity contribution is -0.132. The highest BCUT2D eigenvalue weighted by molar-refractivity contribution is 5.85. The second-order valence-electron chi connectivity index (χ2n) is 6.78. The summed E-state index contributed by atoms with van der Waals surface area (Å²) < 4.78 is 0. The smallest absolute Gasteiger partial charge is 0.222 e. The second-order valence-corrected chi connectivity index (χ2v) is 6.78. The van der Waals surface area contributed by atoms with Crippen molar-refractivity contribution in [2.75, 3.05) is 30.8 Å². The number of para-hydroxylation sites is 2. The average molecular weight is 410 g/mol. The average Bonchev–Trinajstić information content (AvgIpc) is 2.67. The minimum absolute atomic E-state index is 0. The van der Waals surface area contributed by atoms with Crippen molar-refractivity contribution in [2.45, 2.75) is 31.7 Å². The Morgan fingerprint density at radius 1 is 1.11 bits per heavy atom. The van der Waals surface area contributed by atoms with Gasteiger partial charge in [0.05, 0.1) is 0 Å². The summed E-state index contributed by atoms with van der Waals surface area (Å²) >= 11 is 0. The molecule has 3 rings (SSSR count). The summed E-state index contributed by atoms with van der Waals surface area (Å²) in [7, 11) is 1.94. The first-order chi connectivity index (χ1) is 12.1. The SMILES string of the molecule is CN(C(=O)CCc1ccccc1N)C1CCCN(c2ccccc2)C1.Cl.Cl. The molecule has 1 atom stereocenters. The number of benzene rings is 2. The number of nitrogen functional groups attached to an aromatic ring is 1. The molecule has 1 saturated heterocycles. The van der Waals surface area contributed by atoms with E-state index in [4.69, 9.17) is 5.73 Å². The summed E-state index contributed by atoms with van der Waals surface area (Å²) in [4.78, 5) is 17.0. The zero-order chi connectivity index (χ0) is 17.6. The molecule has 0 aliphatic carbocycles. The molecule has 1 aliphatic heterocycles. The molecule has 27 heavy (non-hydrogen) atoms. The highest BCUT2D eigenvalue weighted by atomic mass is 35.5. The van der Waals surface area contributed by atoms with Crippen molar-refractivity contribution in [3.63, 3.8) is 0 Å². The van der Waals surface area contributed by atoms with Crippen molar-refractivity contribution < 1.29 is 4.79 Å². The fraction of sp³-hybridized carbons (Fsp3) is 0.381. The van der Waals surface area contributed by atoms with Gasteiger partial charge in [-0.25, -0.2) is 0 Å². The van der Waals surface area contributed by atoms with Gasteiger partial charge in [0.2, 0.25) is 5.91 Å². The maximum absolute atomic E-state index is 12.6. The first kappa shape index (κ1) is 23.1. The Balaban J connectivity index is 0.00000182. The lowest BCUT2D eigenvalue weighted by atomic mass is 10.0. The fourth-order valence-corrected chi connectivity index (χ4v) is 3.53. The van der Waals surface area contributed by atoms with Gasteiger partial charge in [0, 0.05) is 44.0 Å². The van der Waals surface area contributed by atoms with Crippen molar-refractivity contribution in [3.8, 4) is 0 Å². The predicted octanol–water partition coefficient (Wildman–Crippen LogP) is 4.17. The number of hydrogen-bond donors (Lipinski definition) is 1. The zero-order valence-electron chi connectivity index (χ0n) is 15.7. The lowest BCUT2D eigenvalue weighted by Crippen LogP contribution is -2.48. The van der Waals surface area contributed by atoms with Crippen molar-refractivity contribution in [3.05, 3.63) is 60.2 Å². The van der Waals surface area contributed by atoms with Gasteiger partial charge < -0.3 is 15.5 Å². The minimum atomic E-state index is 0. The van der Waals surface area contributed by atoms with Gasteiger partial charge in [0.15, 0.2) is 0 Å². The molecule has 1 unspecified atom stereocenters.